The SMILES string of the molecule is C#CCNS(=O)(=O)c1cccc(C(=O)OCC(=O)N(CC=C)CC=C)c1. The number of benzene rings is 1. The Kier molecular flexibility index (Phi) is 8.28. The summed E-state index contributed by atoms with van der Waals surface area (Å²) in [6, 6.07) is 5.25. The highest BCUT2D eigenvalue weighted by Crippen LogP contribution is 2.12. The molecule has 0 bridgehead atoms. The Balaban J connectivity index is 2.81. The first-order chi connectivity index (χ1) is 12.4. The Hall–Kier alpha value is -2.89. The molecule has 0 aliphatic heterocycles. The number of amides is 1. The molecule has 8 heteroatoms. The lowest BCUT2D eigenvalue weighted by Gasteiger charge is -2.19. The van der Waals surface area contributed by atoms with Gasteiger partial charge in [-0.05, 0) is 18.2 Å². The molecule has 1 amide bonds. The zero-order valence-electron chi connectivity index (χ0n) is 14.2. The van der Waals surface area contributed by atoms with Crippen LogP contribution in [0.15, 0.2) is 54.5 Å². The zero-order chi connectivity index (χ0) is 19.6. The highest BCUT2D eigenvalue weighted by Gasteiger charge is 2.18. The van der Waals surface area contributed by atoms with Gasteiger partial charge in [0.15, 0.2) is 6.61 Å². The molecular weight excluding hydrogens is 356 g/mol. The second kappa shape index (κ2) is 10.2. The molecule has 7 nitrogen and oxygen atoms in total. The van der Waals surface area contributed by atoms with E-state index in [0.717, 1.165) is 6.07 Å². The maximum Gasteiger partial charge on any atom is 0.338 e. The second-order valence-electron chi connectivity index (χ2n) is 5.01. The molecule has 0 radical (unpaired) electrons. The van der Waals surface area contributed by atoms with Crippen molar-refractivity contribution in [1.29, 1.82) is 0 Å². The predicted octanol–water partition coefficient (Wildman–Crippen LogP) is 0.955. The van der Waals surface area contributed by atoms with Gasteiger partial charge in [-0.1, -0.05) is 24.1 Å². The van der Waals surface area contributed by atoms with E-state index in [-0.39, 0.29) is 30.1 Å². The number of terminal acetylenes is 1. The number of carbonyl (C=O) groups excluding carboxylic acids is 2. The fourth-order valence-electron chi connectivity index (χ4n) is 1.90. The third-order valence-corrected chi connectivity index (χ3v) is 4.52. The fraction of sp³-hybridized carbons (Fsp3) is 0.222. The summed E-state index contributed by atoms with van der Waals surface area (Å²) in [5, 5.41) is 0. The third kappa shape index (κ3) is 6.20. The van der Waals surface area contributed by atoms with Gasteiger partial charge in [0, 0.05) is 13.1 Å². The van der Waals surface area contributed by atoms with Gasteiger partial charge in [-0.25, -0.2) is 13.2 Å². The summed E-state index contributed by atoms with van der Waals surface area (Å²) >= 11 is 0. The Labute approximate surface area is 153 Å². The van der Waals surface area contributed by atoms with Crippen molar-refractivity contribution in [1.82, 2.24) is 9.62 Å². The van der Waals surface area contributed by atoms with Gasteiger partial charge in [0.1, 0.15) is 0 Å². The Morgan fingerprint density at radius 1 is 1.27 bits per heavy atom. The number of esters is 1. The van der Waals surface area contributed by atoms with E-state index in [9.17, 15) is 18.0 Å². The van der Waals surface area contributed by atoms with Crippen molar-refractivity contribution < 1.29 is 22.7 Å². The molecule has 0 aromatic heterocycles. The molecule has 0 aliphatic rings. The van der Waals surface area contributed by atoms with Crippen molar-refractivity contribution in [2.24, 2.45) is 0 Å². The van der Waals surface area contributed by atoms with Crippen molar-refractivity contribution in [2.45, 2.75) is 4.90 Å². The molecular formula is C18H20N2O5S. The number of nitrogens with one attached hydrogen (secondary N) is 1. The van der Waals surface area contributed by atoms with Crippen molar-refractivity contribution in [2.75, 3.05) is 26.2 Å². The average molecular weight is 376 g/mol. The van der Waals surface area contributed by atoms with Crippen molar-refractivity contribution in [3.63, 3.8) is 0 Å². The summed E-state index contributed by atoms with van der Waals surface area (Å²) < 4.78 is 31.2. The summed E-state index contributed by atoms with van der Waals surface area (Å²) in [6.45, 7) is 7.03. The minimum absolute atomic E-state index is 0.000346. The lowest BCUT2D eigenvalue weighted by molar-refractivity contribution is -0.133. The lowest BCUT2D eigenvalue weighted by Crippen LogP contribution is -2.35. The predicted molar refractivity (Wildman–Crippen MR) is 97.7 cm³/mol. The largest absolute Gasteiger partial charge is 0.452 e. The highest BCUT2D eigenvalue weighted by molar-refractivity contribution is 7.89. The number of hydrogen-bond donors (Lipinski definition) is 1. The van der Waals surface area contributed by atoms with Gasteiger partial charge in [0.05, 0.1) is 17.0 Å². The summed E-state index contributed by atoms with van der Waals surface area (Å²) in [5.41, 5.74) is 0.000346. The maximum atomic E-state index is 12.1. The van der Waals surface area contributed by atoms with Crippen molar-refractivity contribution >= 4 is 21.9 Å². The Bertz CT molecular complexity index is 814. The first kappa shape index (κ1) is 21.2. The van der Waals surface area contributed by atoms with Gasteiger partial charge in [-0.15, -0.1) is 19.6 Å². The minimum Gasteiger partial charge on any atom is -0.452 e. The highest BCUT2D eigenvalue weighted by atomic mass is 32.2. The van der Waals surface area contributed by atoms with Crippen LogP contribution < -0.4 is 4.72 Å². The van der Waals surface area contributed by atoms with Crippen molar-refractivity contribution in [3.05, 3.63) is 55.1 Å². The minimum atomic E-state index is -3.84. The van der Waals surface area contributed by atoms with Crippen LogP contribution in [-0.2, 0) is 19.6 Å². The van der Waals surface area contributed by atoms with Crippen LogP contribution in [0.3, 0.4) is 0 Å². The van der Waals surface area contributed by atoms with Gasteiger partial charge in [-0.2, -0.15) is 4.72 Å². The molecule has 0 atom stereocenters. The van der Waals surface area contributed by atoms with E-state index in [1.807, 2.05) is 0 Å². The molecule has 0 spiro atoms. The van der Waals surface area contributed by atoms with E-state index in [2.05, 4.69) is 23.8 Å². The van der Waals surface area contributed by atoms with Crippen LogP contribution in [0.4, 0.5) is 0 Å². The number of nitrogens with zero attached hydrogens (tertiary/aromatic N) is 1. The zero-order valence-corrected chi connectivity index (χ0v) is 15.0. The summed E-state index contributed by atoms with van der Waals surface area (Å²) in [7, 11) is -3.84. The fourth-order valence-corrected chi connectivity index (χ4v) is 2.88. The van der Waals surface area contributed by atoms with Crippen LogP contribution in [-0.4, -0.2) is 51.4 Å². The van der Waals surface area contributed by atoms with Gasteiger partial charge in [-0.3, -0.25) is 4.79 Å². The third-order valence-electron chi connectivity index (χ3n) is 3.12. The van der Waals surface area contributed by atoms with Crippen molar-refractivity contribution in [3.8, 4) is 12.3 Å². The smallest absolute Gasteiger partial charge is 0.338 e. The van der Waals surface area contributed by atoms with Crippen LogP contribution in [0.2, 0.25) is 0 Å². The summed E-state index contributed by atoms with van der Waals surface area (Å²) in [4.78, 5) is 25.4. The molecule has 0 saturated heterocycles. The molecule has 0 unspecified atom stereocenters. The van der Waals surface area contributed by atoms with Gasteiger partial charge in [0.25, 0.3) is 5.91 Å². The summed E-state index contributed by atoms with van der Waals surface area (Å²) in [5.74, 6) is 0.923. The van der Waals surface area contributed by atoms with E-state index in [0.29, 0.717) is 0 Å². The molecule has 1 rings (SSSR count). The average Bonchev–Trinajstić information content (AvgIpc) is 2.64. The maximum absolute atomic E-state index is 12.1. The topological polar surface area (TPSA) is 92.8 Å². The Morgan fingerprint density at radius 2 is 1.92 bits per heavy atom. The van der Waals surface area contributed by atoms with Gasteiger partial charge >= 0.3 is 5.97 Å². The number of ether oxygens (including phenoxy) is 1. The van der Waals surface area contributed by atoms with Crippen LogP contribution in [0.5, 0.6) is 0 Å². The van der Waals surface area contributed by atoms with Crippen LogP contribution in [0.1, 0.15) is 10.4 Å². The number of carbonyl (C=O) groups is 2. The molecule has 1 N–H and O–H groups in total. The molecule has 0 saturated carbocycles. The molecule has 1 aromatic rings. The molecule has 138 valence electrons. The monoisotopic (exact) mass is 376 g/mol. The van der Waals surface area contributed by atoms with E-state index in [4.69, 9.17) is 11.2 Å². The quantitative estimate of drug-likeness (QED) is 0.373. The summed E-state index contributed by atoms with van der Waals surface area (Å²) in [6.07, 6.45) is 8.11. The molecule has 26 heavy (non-hydrogen) atoms. The second-order valence-corrected chi connectivity index (χ2v) is 6.78. The van der Waals surface area contributed by atoms with Crippen LogP contribution >= 0.6 is 0 Å². The number of rotatable bonds is 10. The van der Waals surface area contributed by atoms with E-state index >= 15 is 0 Å². The van der Waals surface area contributed by atoms with Crippen LogP contribution in [0, 0.1) is 12.3 Å². The molecule has 1 aromatic carbocycles. The van der Waals surface area contributed by atoms with Gasteiger partial charge < -0.3 is 9.64 Å². The molecule has 0 fully saturated rings. The first-order valence-electron chi connectivity index (χ1n) is 7.55. The first-order valence-corrected chi connectivity index (χ1v) is 9.04. The number of sulfonamides is 1. The van der Waals surface area contributed by atoms with E-state index in [1.165, 1.54) is 23.1 Å². The van der Waals surface area contributed by atoms with Gasteiger partial charge in [0.2, 0.25) is 10.0 Å². The molecule has 0 aliphatic carbocycles. The normalized spacial score (nSPS) is 10.4. The number of hydrogen-bond acceptors (Lipinski definition) is 5. The lowest BCUT2D eigenvalue weighted by atomic mass is 10.2. The molecule has 0 heterocycles. The van der Waals surface area contributed by atoms with Crippen LogP contribution in [0.25, 0.3) is 0 Å². The standard InChI is InChI=1S/C18H20N2O5S/c1-4-10-19-26(23,24)16-9-7-8-15(13-16)18(22)25-14-17(21)20(11-5-2)12-6-3/h1,5-9,13,19H,2-3,10-12,14H2. The Morgan fingerprint density at radius 3 is 2.50 bits per heavy atom. The van der Waals surface area contributed by atoms with E-state index < -0.39 is 28.5 Å². The van der Waals surface area contributed by atoms with E-state index in [1.54, 1.807) is 12.2 Å².